The van der Waals surface area contributed by atoms with E-state index >= 15 is 0 Å². The van der Waals surface area contributed by atoms with E-state index in [-0.39, 0.29) is 5.91 Å². The molecule has 0 aliphatic heterocycles. The molecular weight excluding hydrogens is 390 g/mol. The Labute approximate surface area is 160 Å². The molecule has 1 N–H and O–H groups in total. The molecule has 0 saturated heterocycles. The van der Waals surface area contributed by atoms with Gasteiger partial charge in [0.05, 0.1) is 11.4 Å². The van der Waals surface area contributed by atoms with Crippen molar-refractivity contribution in [3.8, 4) is 0 Å². The number of anilines is 1. The molecule has 0 saturated carbocycles. The fourth-order valence-electron chi connectivity index (χ4n) is 2.19. The van der Waals surface area contributed by atoms with E-state index in [1.165, 1.54) is 6.08 Å². The van der Waals surface area contributed by atoms with Crippen LogP contribution in [0, 0.1) is 0 Å². The van der Waals surface area contributed by atoms with E-state index in [0.29, 0.717) is 5.69 Å². The van der Waals surface area contributed by atoms with Gasteiger partial charge in [-0.1, -0.05) is 46.3 Å². The molecule has 5 heteroatoms. The monoisotopic (exact) mass is 405 g/mol. The highest BCUT2D eigenvalue weighted by Crippen LogP contribution is 2.20. The molecule has 0 spiro atoms. The molecule has 3 aromatic rings. The standard InChI is InChI=1S/C21H16BrN3O/c22-17-6-4-5-16(15-17)9-14-21(26)23-18-10-12-20(13-11-18)25-24-19-7-2-1-3-8-19/h1-15H,(H,23,26). The lowest BCUT2D eigenvalue weighted by Gasteiger charge is -2.02. The summed E-state index contributed by atoms with van der Waals surface area (Å²) in [4.78, 5) is 12.0. The Bertz CT molecular complexity index is 935. The first-order valence-corrected chi connectivity index (χ1v) is 8.80. The van der Waals surface area contributed by atoms with Gasteiger partial charge in [0.25, 0.3) is 0 Å². The number of carbonyl (C=O) groups excluding carboxylic acids is 1. The minimum Gasteiger partial charge on any atom is -0.323 e. The Morgan fingerprint density at radius 3 is 2.23 bits per heavy atom. The number of nitrogens with zero attached hydrogens (tertiary/aromatic N) is 2. The van der Waals surface area contributed by atoms with E-state index in [1.807, 2.05) is 54.6 Å². The molecule has 0 aliphatic rings. The minimum atomic E-state index is -0.191. The third-order valence-corrected chi connectivity index (χ3v) is 3.94. The average molecular weight is 406 g/mol. The van der Waals surface area contributed by atoms with Crippen molar-refractivity contribution < 1.29 is 4.79 Å². The first-order valence-electron chi connectivity index (χ1n) is 8.00. The van der Waals surface area contributed by atoms with Crippen molar-refractivity contribution in [3.05, 3.63) is 95.0 Å². The van der Waals surface area contributed by atoms with Crippen molar-refractivity contribution >= 4 is 45.0 Å². The van der Waals surface area contributed by atoms with Gasteiger partial charge in [-0.25, -0.2) is 0 Å². The molecule has 0 radical (unpaired) electrons. The van der Waals surface area contributed by atoms with Gasteiger partial charge in [0.1, 0.15) is 0 Å². The summed E-state index contributed by atoms with van der Waals surface area (Å²) >= 11 is 3.41. The lowest BCUT2D eigenvalue weighted by molar-refractivity contribution is -0.111. The van der Waals surface area contributed by atoms with E-state index in [1.54, 1.807) is 30.3 Å². The third-order valence-electron chi connectivity index (χ3n) is 3.45. The molecule has 0 aliphatic carbocycles. The molecule has 0 heterocycles. The Kier molecular flexibility index (Phi) is 6.06. The van der Waals surface area contributed by atoms with Crippen LogP contribution in [0.5, 0.6) is 0 Å². The molecule has 4 nitrogen and oxygen atoms in total. The van der Waals surface area contributed by atoms with Gasteiger partial charge in [-0.3, -0.25) is 4.79 Å². The van der Waals surface area contributed by atoms with Gasteiger partial charge in [0, 0.05) is 16.2 Å². The Hall–Kier alpha value is -3.05. The van der Waals surface area contributed by atoms with Crippen molar-refractivity contribution in [3.63, 3.8) is 0 Å². The molecule has 3 rings (SSSR count). The lowest BCUT2D eigenvalue weighted by Crippen LogP contribution is -2.07. The van der Waals surface area contributed by atoms with Crippen molar-refractivity contribution in [1.29, 1.82) is 0 Å². The summed E-state index contributed by atoms with van der Waals surface area (Å²) in [6.07, 6.45) is 3.27. The number of halogens is 1. The second-order valence-electron chi connectivity index (χ2n) is 5.46. The normalized spacial score (nSPS) is 11.1. The topological polar surface area (TPSA) is 53.8 Å². The summed E-state index contributed by atoms with van der Waals surface area (Å²) in [6, 6.07) is 24.5. The summed E-state index contributed by atoms with van der Waals surface area (Å²) in [5.74, 6) is -0.191. The summed E-state index contributed by atoms with van der Waals surface area (Å²) in [5.41, 5.74) is 3.16. The number of carbonyl (C=O) groups is 1. The van der Waals surface area contributed by atoms with Gasteiger partial charge in [0.2, 0.25) is 5.91 Å². The highest BCUT2D eigenvalue weighted by atomic mass is 79.9. The van der Waals surface area contributed by atoms with Crippen LogP contribution in [0.1, 0.15) is 5.56 Å². The van der Waals surface area contributed by atoms with Crippen molar-refractivity contribution in [2.45, 2.75) is 0 Å². The molecule has 0 aromatic heterocycles. The second-order valence-corrected chi connectivity index (χ2v) is 6.38. The quantitative estimate of drug-likeness (QED) is 0.381. The van der Waals surface area contributed by atoms with Crippen LogP contribution in [0.15, 0.2) is 99.6 Å². The van der Waals surface area contributed by atoms with Crippen LogP contribution in [0.25, 0.3) is 6.08 Å². The Morgan fingerprint density at radius 2 is 1.54 bits per heavy atom. The molecule has 0 fully saturated rings. The minimum absolute atomic E-state index is 0.191. The molecule has 128 valence electrons. The van der Waals surface area contributed by atoms with Gasteiger partial charge in [-0.05, 0) is 60.2 Å². The predicted molar refractivity (Wildman–Crippen MR) is 109 cm³/mol. The number of hydrogen-bond donors (Lipinski definition) is 1. The van der Waals surface area contributed by atoms with E-state index in [0.717, 1.165) is 21.4 Å². The van der Waals surface area contributed by atoms with Crippen LogP contribution < -0.4 is 5.32 Å². The van der Waals surface area contributed by atoms with E-state index in [4.69, 9.17) is 0 Å². The van der Waals surface area contributed by atoms with E-state index < -0.39 is 0 Å². The molecule has 3 aromatic carbocycles. The molecule has 0 unspecified atom stereocenters. The molecular formula is C21H16BrN3O. The first kappa shape index (κ1) is 17.8. The molecule has 0 atom stereocenters. The first-order chi connectivity index (χ1) is 12.7. The smallest absolute Gasteiger partial charge is 0.248 e. The predicted octanol–water partition coefficient (Wildman–Crippen LogP) is 6.52. The second kappa shape index (κ2) is 8.87. The van der Waals surface area contributed by atoms with Crippen LogP contribution in [0.2, 0.25) is 0 Å². The van der Waals surface area contributed by atoms with Crippen LogP contribution >= 0.6 is 15.9 Å². The fourth-order valence-corrected chi connectivity index (χ4v) is 2.60. The van der Waals surface area contributed by atoms with Gasteiger partial charge in [-0.2, -0.15) is 10.2 Å². The summed E-state index contributed by atoms with van der Waals surface area (Å²) in [5, 5.41) is 11.2. The average Bonchev–Trinajstić information content (AvgIpc) is 2.67. The van der Waals surface area contributed by atoms with E-state index in [2.05, 4.69) is 31.5 Å². The maximum atomic E-state index is 12.0. The largest absolute Gasteiger partial charge is 0.323 e. The van der Waals surface area contributed by atoms with Crippen LogP contribution in [-0.4, -0.2) is 5.91 Å². The number of hydrogen-bond acceptors (Lipinski definition) is 3. The third kappa shape index (κ3) is 5.50. The lowest BCUT2D eigenvalue weighted by atomic mass is 10.2. The Morgan fingerprint density at radius 1 is 0.846 bits per heavy atom. The number of rotatable bonds is 5. The summed E-state index contributed by atoms with van der Waals surface area (Å²) < 4.78 is 0.973. The van der Waals surface area contributed by atoms with E-state index in [9.17, 15) is 4.79 Å². The zero-order valence-electron chi connectivity index (χ0n) is 13.8. The fraction of sp³-hybridized carbons (Fsp3) is 0. The molecule has 1 amide bonds. The van der Waals surface area contributed by atoms with Crippen molar-refractivity contribution in [2.24, 2.45) is 10.2 Å². The number of benzene rings is 3. The van der Waals surface area contributed by atoms with Crippen LogP contribution in [-0.2, 0) is 4.79 Å². The zero-order valence-corrected chi connectivity index (χ0v) is 15.4. The highest BCUT2D eigenvalue weighted by Gasteiger charge is 1.99. The molecule has 0 bridgehead atoms. The van der Waals surface area contributed by atoms with Gasteiger partial charge < -0.3 is 5.32 Å². The SMILES string of the molecule is O=C(C=Cc1cccc(Br)c1)Nc1ccc(N=Nc2ccccc2)cc1. The van der Waals surface area contributed by atoms with Crippen molar-refractivity contribution in [2.75, 3.05) is 5.32 Å². The van der Waals surface area contributed by atoms with Crippen LogP contribution in [0.4, 0.5) is 17.1 Å². The number of nitrogens with one attached hydrogen (secondary N) is 1. The Balaban J connectivity index is 1.58. The van der Waals surface area contributed by atoms with Crippen molar-refractivity contribution in [1.82, 2.24) is 0 Å². The maximum absolute atomic E-state index is 12.0. The maximum Gasteiger partial charge on any atom is 0.248 e. The summed E-state index contributed by atoms with van der Waals surface area (Å²) in [7, 11) is 0. The van der Waals surface area contributed by atoms with Crippen LogP contribution in [0.3, 0.4) is 0 Å². The van der Waals surface area contributed by atoms with Gasteiger partial charge >= 0.3 is 0 Å². The zero-order chi connectivity index (χ0) is 18.2. The molecule has 26 heavy (non-hydrogen) atoms. The number of azo groups is 1. The number of amides is 1. The highest BCUT2D eigenvalue weighted by molar-refractivity contribution is 9.10. The van der Waals surface area contributed by atoms with Gasteiger partial charge in [0.15, 0.2) is 0 Å². The summed E-state index contributed by atoms with van der Waals surface area (Å²) in [6.45, 7) is 0. The van der Waals surface area contributed by atoms with Gasteiger partial charge in [-0.15, -0.1) is 0 Å².